The van der Waals surface area contributed by atoms with Gasteiger partial charge in [0.2, 0.25) is 0 Å². The van der Waals surface area contributed by atoms with Crippen molar-refractivity contribution in [1.82, 2.24) is 0 Å². The first-order valence-electron chi connectivity index (χ1n) is 4.15. The van der Waals surface area contributed by atoms with E-state index in [1.54, 1.807) is 0 Å². The topological polar surface area (TPSA) is 118 Å². The van der Waals surface area contributed by atoms with Crippen LogP contribution in [-0.4, -0.2) is 34.5 Å². The number of hydrogen-bond donors (Lipinski definition) is 3. The molecule has 4 N–H and O–H groups in total. The number of carboxylic acid groups (broad SMARTS) is 2. The van der Waals surface area contributed by atoms with Crippen LogP contribution in [0.4, 0.5) is 0 Å². The van der Waals surface area contributed by atoms with Crippen LogP contribution >= 0.6 is 0 Å². The molecule has 0 aromatic heterocycles. The van der Waals surface area contributed by atoms with Crippen LogP contribution in [0, 0.1) is 5.92 Å². The first-order valence-corrected chi connectivity index (χ1v) is 4.15. The molecule has 0 saturated carbocycles. The average molecular weight is 203 g/mol. The summed E-state index contributed by atoms with van der Waals surface area (Å²) in [5.41, 5.74) is 5.18. The number of carbonyl (C=O) groups is 3. The van der Waals surface area contributed by atoms with Crippen molar-refractivity contribution in [3.63, 3.8) is 0 Å². The standard InChI is InChI=1S/C8H13NO5/c9-6(8(13)14)3-1-2-5(4-10)7(11)12/h4-6H,1-3,9H2,(H,11,12)(H,13,14). The number of hydrogen-bond acceptors (Lipinski definition) is 4. The minimum atomic E-state index is -1.19. The van der Waals surface area contributed by atoms with E-state index in [0.717, 1.165) is 0 Å². The Kier molecular flexibility index (Phi) is 5.47. The van der Waals surface area contributed by atoms with Crippen molar-refractivity contribution in [3.05, 3.63) is 0 Å². The summed E-state index contributed by atoms with van der Waals surface area (Å²) in [7, 11) is 0. The number of aldehydes is 1. The minimum absolute atomic E-state index is 0.125. The molecule has 6 nitrogen and oxygen atoms in total. The lowest BCUT2D eigenvalue weighted by atomic mass is 10.0. The SMILES string of the molecule is NC(CCCC(C=O)C(=O)O)C(=O)O. The highest BCUT2D eigenvalue weighted by Gasteiger charge is 2.17. The summed E-state index contributed by atoms with van der Waals surface area (Å²) in [6.07, 6.45) is 0.949. The molecule has 0 aliphatic carbocycles. The van der Waals surface area contributed by atoms with Crippen molar-refractivity contribution >= 4 is 18.2 Å². The van der Waals surface area contributed by atoms with Crippen LogP contribution in [0.3, 0.4) is 0 Å². The molecule has 0 aromatic rings. The van der Waals surface area contributed by atoms with Gasteiger partial charge in [0, 0.05) is 0 Å². The summed E-state index contributed by atoms with van der Waals surface area (Å²) in [5, 5.41) is 16.9. The van der Waals surface area contributed by atoms with Gasteiger partial charge in [0.25, 0.3) is 0 Å². The van der Waals surface area contributed by atoms with Crippen LogP contribution < -0.4 is 5.73 Å². The highest BCUT2D eigenvalue weighted by molar-refractivity contribution is 5.86. The lowest BCUT2D eigenvalue weighted by molar-refractivity contribution is -0.143. The van der Waals surface area contributed by atoms with Gasteiger partial charge < -0.3 is 20.7 Å². The molecule has 2 atom stereocenters. The Morgan fingerprint density at radius 1 is 1.21 bits per heavy atom. The molecule has 2 unspecified atom stereocenters. The minimum Gasteiger partial charge on any atom is -0.481 e. The summed E-state index contributed by atoms with van der Waals surface area (Å²) in [5.74, 6) is -3.37. The highest BCUT2D eigenvalue weighted by Crippen LogP contribution is 2.07. The summed E-state index contributed by atoms with van der Waals surface area (Å²) in [4.78, 5) is 30.9. The second kappa shape index (κ2) is 6.09. The van der Waals surface area contributed by atoms with Crippen molar-refractivity contribution in [1.29, 1.82) is 0 Å². The Labute approximate surface area is 80.7 Å². The van der Waals surface area contributed by atoms with Gasteiger partial charge in [0.1, 0.15) is 18.2 Å². The smallest absolute Gasteiger partial charge is 0.320 e. The number of nitrogens with two attached hydrogens (primary N) is 1. The molecule has 0 saturated heterocycles. The Morgan fingerprint density at radius 3 is 2.14 bits per heavy atom. The zero-order valence-corrected chi connectivity index (χ0v) is 7.55. The molecule has 0 rings (SSSR count). The molecule has 0 radical (unpaired) electrons. The third-order valence-electron chi connectivity index (χ3n) is 1.83. The molecule has 14 heavy (non-hydrogen) atoms. The van der Waals surface area contributed by atoms with Gasteiger partial charge in [-0.05, 0) is 12.8 Å². The molecular formula is C8H13NO5. The lowest BCUT2D eigenvalue weighted by Gasteiger charge is -2.07. The third kappa shape index (κ3) is 4.56. The van der Waals surface area contributed by atoms with Crippen molar-refractivity contribution in [3.8, 4) is 0 Å². The predicted molar refractivity (Wildman–Crippen MR) is 46.7 cm³/mol. The normalized spacial score (nSPS) is 14.4. The van der Waals surface area contributed by atoms with E-state index in [4.69, 9.17) is 15.9 Å². The summed E-state index contributed by atoms with van der Waals surface area (Å²) in [6.45, 7) is 0. The van der Waals surface area contributed by atoms with E-state index in [9.17, 15) is 14.4 Å². The third-order valence-corrected chi connectivity index (χ3v) is 1.83. The van der Waals surface area contributed by atoms with Gasteiger partial charge in [-0.3, -0.25) is 9.59 Å². The van der Waals surface area contributed by atoms with Crippen LogP contribution in [-0.2, 0) is 14.4 Å². The van der Waals surface area contributed by atoms with E-state index in [1.165, 1.54) is 0 Å². The molecule has 0 spiro atoms. The van der Waals surface area contributed by atoms with Gasteiger partial charge >= 0.3 is 11.9 Å². The molecule has 0 fully saturated rings. The first kappa shape index (κ1) is 12.6. The van der Waals surface area contributed by atoms with E-state index in [1.807, 2.05) is 0 Å². The molecule has 0 aromatic carbocycles. The van der Waals surface area contributed by atoms with E-state index in [-0.39, 0.29) is 12.8 Å². The molecule has 6 heteroatoms. The van der Waals surface area contributed by atoms with Crippen molar-refractivity contribution in [2.45, 2.75) is 25.3 Å². The maximum atomic E-state index is 10.4. The molecule has 80 valence electrons. The van der Waals surface area contributed by atoms with Crippen LogP contribution in [0.25, 0.3) is 0 Å². The Balaban J connectivity index is 3.77. The van der Waals surface area contributed by atoms with Gasteiger partial charge in [0.15, 0.2) is 0 Å². The second-order valence-electron chi connectivity index (χ2n) is 2.96. The fourth-order valence-corrected chi connectivity index (χ4v) is 0.931. The van der Waals surface area contributed by atoms with Gasteiger partial charge in [0.05, 0.1) is 0 Å². The van der Waals surface area contributed by atoms with E-state index >= 15 is 0 Å². The lowest BCUT2D eigenvalue weighted by Crippen LogP contribution is -2.30. The van der Waals surface area contributed by atoms with Crippen LogP contribution in [0.5, 0.6) is 0 Å². The number of rotatable bonds is 7. The molecule has 0 aliphatic rings. The summed E-state index contributed by atoms with van der Waals surface area (Å²) < 4.78 is 0. The zero-order chi connectivity index (χ0) is 11.1. The number of carboxylic acids is 2. The highest BCUT2D eigenvalue weighted by atomic mass is 16.4. The molecular weight excluding hydrogens is 190 g/mol. The molecule has 0 amide bonds. The van der Waals surface area contributed by atoms with Gasteiger partial charge in [-0.15, -0.1) is 0 Å². The molecule has 0 heterocycles. The number of aliphatic carboxylic acids is 2. The van der Waals surface area contributed by atoms with Crippen molar-refractivity contribution < 1.29 is 24.6 Å². The van der Waals surface area contributed by atoms with Gasteiger partial charge in [-0.25, -0.2) is 0 Å². The fraction of sp³-hybridized carbons (Fsp3) is 0.625. The maximum Gasteiger partial charge on any atom is 0.320 e. The monoisotopic (exact) mass is 203 g/mol. The second-order valence-corrected chi connectivity index (χ2v) is 2.96. The van der Waals surface area contributed by atoms with Crippen molar-refractivity contribution in [2.75, 3.05) is 0 Å². The zero-order valence-electron chi connectivity index (χ0n) is 7.55. The molecule has 0 aliphatic heterocycles. The summed E-state index contributed by atoms with van der Waals surface area (Å²) in [6, 6.07) is -0.990. The average Bonchev–Trinajstić information content (AvgIpc) is 2.11. The van der Waals surface area contributed by atoms with E-state index < -0.39 is 23.9 Å². The number of carbonyl (C=O) groups excluding carboxylic acids is 1. The van der Waals surface area contributed by atoms with Gasteiger partial charge in [-0.1, -0.05) is 6.42 Å². The largest absolute Gasteiger partial charge is 0.481 e. The first-order chi connectivity index (χ1) is 6.49. The Morgan fingerprint density at radius 2 is 1.79 bits per heavy atom. The Bertz CT molecular complexity index is 228. The quantitative estimate of drug-likeness (QED) is 0.378. The summed E-state index contributed by atoms with van der Waals surface area (Å²) >= 11 is 0. The molecule has 0 bridgehead atoms. The Hall–Kier alpha value is -1.43. The van der Waals surface area contributed by atoms with Crippen LogP contribution in [0.2, 0.25) is 0 Å². The van der Waals surface area contributed by atoms with Crippen molar-refractivity contribution in [2.24, 2.45) is 11.7 Å². The predicted octanol–water partition coefficient (Wildman–Crippen LogP) is -0.532. The van der Waals surface area contributed by atoms with Crippen LogP contribution in [0.15, 0.2) is 0 Å². The van der Waals surface area contributed by atoms with Gasteiger partial charge in [-0.2, -0.15) is 0 Å². The van der Waals surface area contributed by atoms with E-state index in [2.05, 4.69) is 0 Å². The van der Waals surface area contributed by atoms with E-state index in [0.29, 0.717) is 12.7 Å². The maximum absolute atomic E-state index is 10.4. The fourth-order valence-electron chi connectivity index (χ4n) is 0.931. The van der Waals surface area contributed by atoms with Crippen LogP contribution in [0.1, 0.15) is 19.3 Å².